The van der Waals surface area contributed by atoms with Crippen molar-refractivity contribution < 1.29 is 9.59 Å². The summed E-state index contributed by atoms with van der Waals surface area (Å²) < 4.78 is 2.88. The Morgan fingerprint density at radius 1 is 1.14 bits per heavy atom. The average Bonchev–Trinajstić information content (AvgIpc) is 3.32. The van der Waals surface area contributed by atoms with E-state index in [0.29, 0.717) is 5.56 Å². The number of nitrogens with zero attached hydrogens (tertiary/aromatic N) is 2. The molecule has 28 heavy (non-hydrogen) atoms. The lowest BCUT2D eigenvalue weighted by Gasteiger charge is -2.24. The van der Waals surface area contributed by atoms with Crippen LogP contribution in [0.25, 0.3) is 15.3 Å². The van der Waals surface area contributed by atoms with Gasteiger partial charge < -0.3 is 15.2 Å². The van der Waals surface area contributed by atoms with Crippen LogP contribution in [0.15, 0.2) is 42.7 Å². The van der Waals surface area contributed by atoms with Crippen LogP contribution in [0.1, 0.15) is 44.5 Å². The summed E-state index contributed by atoms with van der Waals surface area (Å²) in [5.74, 6) is -0.358. The number of benzene rings is 1. The first-order valence-electron chi connectivity index (χ1n) is 9.54. The van der Waals surface area contributed by atoms with Crippen molar-refractivity contribution in [3.63, 3.8) is 0 Å². The lowest BCUT2D eigenvalue weighted by molar-refractivity contribution is -0.124. The quantitative estimate of drug-likeness (QED) is 0.636. The van der Waals surface area contributed by atoms with Gasteiger partial charge in [0, 0.05) is 24.0 Å². The third kappa shape index (κ3) is 4.42. The van der Waals surface area contributed by atoms with Crippen LogP contribution < -0.4 is 10.6 Å². The van der Waals surface area contributed by atoms with Gasteiger partial charge in [0.25, 0.3) is 5.91 Å². The van der Waals surface area contributed by atoms with Gasteiger partial charge in [-0.2, -0.15) is 0 Å². The SMILES string of the molecule is CCC(C)C(NC(=O)c1ccc2nc(-n3cccc3)sc2c1)C(=O)NC(C)C. The summed E-state index contributed by atoms with van der Waals surface area (Å²) in [5.41, 5.74) is 1.38. The lowest BCUT2D eigenvalue weighted by atomic mass is 9.97. The lowest BCUT2D eigenvalue weighted by Crippen LogP contribution is -2.51. The third-order valence-electron chi connectivity index (χ3n) is 4.68. The number of thiazole rings is 1. The van der Waals surface area contributed by atoms with Gasteiger partial charge in [0.1, 0.15) is 6.04 Å². The molecule has 0 aliphatic carbocycles. The van der Waals surface area contributed by atoms with Gasteiger partial charge in [0.05, 0.1) is 10.2 Å². The average molecular weight is 399 g/mol. The Balaban J connectivity index is 1.82. The van der Waals surface area contributed by atoms with E-state index in [-0.39, 0.29) is 23.8 Å². The van der Waals surface area contributed by atoms with Gasteiger partial charge in [0.15, 0.2) is 5.13 Å². The molecule has 3 aromatic rings. The van der Waals surface area contributed by atoms with Crippen LogP contribution in [0.3, 0.4) is 0 Å². The highest BCUT2D eigenvalue weighted by Crippen LogP contribution is 2.26. The standard InChI is InChI=1S/C21H26N4O2S/c1-5-14(4)18(20(27)22-13(2)3)24-19(26)15-8-9-16-17(12-15)28-21(23-16)25-10-6-7-11-25/h6-14,18H,5H2,1-4H3,(H,22,27)(H,24,26). The molecule has 0 bridgehead atoms. The summed E-state index contributed by atoms with van der Waals surface area (Å²) in [6, 6.07) is 8.79. The van der Waals surface area contributed by atoms with E-state index in [1.54, 1.807) is 6.07 Å². The molecule has 0 saturated heterocycles. The summed E-state index contributed by atoms with van der Waals surface area (Å²) in [6.45, 7) is 7.81. The van der Waals surface area contributed by atoms with Gasteiger partial charge in [-0.1, -0.05) is 31.6 Å². The van der Waals surface area contributed by atoms with Crippen molar-refractivity contribution in [3.8, 4) is 5.13 Å². The van der Waals surface area contributed by atoms with E-state index in [0.717, 1.165) is 21.8 Å². The number of amides is 2. The van der Waals surface area contributed by atoms with Gasteiger partial charge in [-0.3, -0.25) is 9.59 Å². The summed E-state index contributed by atoms with van der Waals surface area (Å²) >= 11 is 1.52. The molecule has 0 radical (unpaired) electrons. The highest BCUT2D eigenvalue weighted by atomic mass is 32.1. The predicted molar refractivity (Wildman–Crippen MR) is 113 cm³/mol. The summed E-state index contributed by atoms with van der Waals surface area (Å²) in [5, 5.41) is 6.67. The van der Waals surface area contributed by atoms with Crippen molar-refractivity contribution in [1.82, 2.24) is 20.2 Å². The minimum atomic E-state index is -0.563. The van der Waals surface area contributed by atoms with Gasteiger partial charge >= 0.3 is 0 Å². The first-order chi connectivity index (χ1) is 13.4. The highest BCUT2D eigenvalue weighted by Gasteiger charge is 2.26. The summed E-state index contributed by atoms with van der Waals surface area (Å²) in [6.07, 6.45) is 4.68. The second-order valence-corrected chi connectivity index (χ2v) is 8.28. The maximum atomic E-state index is 12.8. The van der Waals surface area contributed by atoms with E-state index in [1.165, 1.54) is 11.3 Å². The molecule has 0 aliphatic rings. The summed E-state index contributed by atoms with van der Waals surface area (Å²) in [7, 11) is 0. The largest absolute Gasteiger partial charge is 0.352 e. The number of rotatable bonds is 7. The second-order valence-electron chi connectivity index (χ2n) is 7.27. The Morgan fingerprint density at radius 3 is 2.50 bits per heavy atom. The molecule has 1 aromatic carbocycles. The van der Waals surface area contributed by atoms with Gasteiger partial charge in [-0.05, 0) is 50.1 Å². The van der Waals surface area contributed by atoms with Gasteiger partial charge in [0.2, 0.25) is 5.91 Å². The molecule has 0 spiro atoms. The second kappa shape index (κ2) is 8.56. The number of carbonyl (C=O) groups excluding carboxylic acids is 2. The Morgan fingerprint density at radius 2 is 1.86 bits per heavy atom. The molecule has 0 aliphatic heterocycles. The molecule has 6 nitrogen and oxygen atoms in total. The fourth-order valence-electron chi connectivity index (χ4n) is 2.93. The van der Waals surface area contributed by atoms with Crippen LogP contribution in [0, 0.1) is 5.92 Å². The zero-order valence-electron chi connectivity index (χ0n) is 16.6. The Kier molecular flexibility index (Phi) is 6.14. The van der Waals surface area contributed by atoms with Crippen LogP contribution >= 0.6 is 11.3 Å². The third-order valence-corrected chi connectivity index (χ3v) is 5.71. The molecule has 148 valence electrons. The fraction of sp³-hybridized carbons (Fsp3) is 0.381. The first kappa shape index (κ1) is 20.1. The molecule has 2 aromatic heterocycles. The van der Waals surface area contributed by atoms with E-state index in [4.69, 9.17) is 0 Å². The van der Waals surface area contributed by atoms with E-state index in [2.05, 4.69) is 15.6 Å². The maximum absolute atomic E-state index is 12.8. The van der Waals surface area contributed by atoms with E-state index in [9.17, 15) is 9.59 Å². The van der Waals surface area contributed by atoms with Crippen LogP contribution in [0.2, 0.25) is 0 Å². The Labute approximate surface area is 169 Å². The molecule has 2 unspecified atom stereocenters. The molecule has 0 fully saturated rings. The van der Waals surface area contributed by atoms with Crippen molar-refractivity contribution in [2.45, 2.75) is 46.2 Å². The summed E-state index contributed by atoms with van der Waals surface area (Å²) in [4.78, 5) is 30.0. The zero-order valence-corrected chi connectivity index (χ0v) is 17.4. The molecule has 2 N–H and O–H groups in total. The maximum Gasteiger partial charge on any atom is 0.251 e. The number of nitrogens with one attached hydrogen (secondary N) is 2. The number of hydrogen-bond donors (Lipinski definition) is 2. The molecule has 3 rings (SSSR count). The van der Waals surface area contributed by atoms with Gasteiger partial charge in [-0.25, -0.2) is 4.98 Å². The molecule has 7 heteroatoms. The number of hydrogen-bond acceptors (Lipinski definition) is 4. The van der Waals surface area contributed by atoms with E-state index >= 15 is 0 Å². The topological polar surface area (TPSA) is 76.0 Å². The smallest absolute Gasteiger partial charge is 0.251 e. The molecule has 0 saturated carbocycles. The molecule has 2 heterocycles. The predicted octanol–water partition coefficient (Wildman–Crippen LogP) is 3.76. The molecule has 2 amide bonds. The normalized spacial score (nSPS) is 13.5. The van der Waals surface area contributed by atoms with Gasteiger partial charge in [-0.15, -0.1) is 0 Å². The zero-order chi connectivity index (χ0) is 20.3. The van der Waals surface area contributed by atoms with Crippen LogP contribution in [-0.2, 0) is 4.79 Å². The minimum Gasteiger partial charge on any atom is -0.352 e. The van der Waals surface area contributed by atoms with E-state index in [1.807, 2.05) is 68.9 Å². The number of fused-ring (bicyclic) bond motifs is 1. The number of carbonyl (C=O) groups is 2. The van der Waals surface area contributed by atoms with Crippen molar-refractivity contribution in [2.75, 3.05) is 0 Å². The first-order valence-corrected chi connectivity index (χ1v) is 10.4. The Hall–Kier alpha value is -2.67. The fourth-order valence-corrected chi connectivity index (χ4v) is 3.90. The van der Waals surface area contributed by atoms with Crippen molar-refractivity contribution >= 4 is 33.4 Å². The Bertz CT molecular complexity index is 962. The van der Waals surface area contributed by atoms with E-state index < -0.39 is 6.04 Å². The molecular formula is C21H26N4O2S. The molecular weight excluding hydrogens is 372 g/mol. The van der Waals surface area contributed by atoms with Crippen molar-refractivity contribution in [1.29, 1.82) is 0 Å². The van der Waals surface area contributed by atoms with Crippen LogP contribution in [0.4, 0.5) is 0 Å². The monoisotopic (exact) mass is 398 g/mol. The van der Waals surface area contributed by atoms with Crippen molar-refractivity contribution in [3.05, 3.63) is 48.3 Å². The number of aromatic nitrogens is 2. The molecule has 2 atom stereocenters. The minimum absolute atomic E-state index is 0.0246. The van der Waals surface area contributed by atoms with Crippen LogP contribution in [0.5, 0.6) is 0 Å². The van der Waals surface area contributed by atoms with Crippen molar-refractivity contribution in [2.24, 2.45) is 5.92 Å². The highest BCUT2D eigenvalue weighted by molar-refractivity contribution is 7.20. The van der Waals surface area contributed by atoms with Crippen LogP contribution in [-0.4, -0.2) is 33.4 Å².